The third-order valence-electron chi connectivity index (χ3n) is 2.89. The molecule has 0 aliphatic heterocycles. The zero-order valence-electron chi connectivity index (χ0n) is 4.72. The highest BCUT2D eigenvalue weighted by molar-refractivity contribution is 6.23. The Morgan fingerprint density at radius 2 is 2.00 bits per heavy atom. The van der Waals surface area contributed by atoms with Crippen LogP contribution in [0.2, 0.25) is 0 Å². The molecule has 0 amide bonds. The van der Waals surface area contributed by atoms with E-state index in [0.717, 1.165) is 11.8 Å². The molecular weight excluding hydrogens is 139 g/mol. The maximum Gasteiger partial charge on any atom is 0.114 e. The average molecular weight is 145 g/mol. The van der Waals surface area contributed by atoms with Gasteiger partial charge in [0.1, 0.15) is 5.83 Å². The van der Waals surface area contributed by atoms with Gasteiger partial charge in [-0.1, -0.05) is 0 Å². The summed E-state index contributed by atoms with van der Waals surface area (Å²) < 4.78 is 12.6. The molecule has 9 heavy (non-hydrogen) atoms. The summed E-state index contributed by atoms with van der Waals surface area (Å²) in [6.07, 6.45) is 1.72. The summed E-state index contributed by atoms with van der Waals surface area (Å²) in [5, 5.41) is -0.259. The van der Waals surface area contributed by atoms with Crippen molar-refractivity contribution in [3.63, 3.8) is 0 Å². The van der Waals surface area contributed by atoms with Gasteiger partial charge in [-0.3, -0.25) is 0 Å². The van der Waals surface area contributed by atoms with Crippen molar-refractivity contribution in [2.24, 2.45) is 23.7 Å². The first kappa shape index (κ1) is 4.73. The zero-order valence-corrected chi connectivity index (χ0v) is 5.48. The van der Waals surface area contributed by atoms with Crippen LogP contribution in [0.3, 0.4) is 0 Å². The first-order valence-electron chi connectivity index (χ1n) is 3.32. The van der Waals surface area contributed by atoms with Crippen LogP contribution < -0.4 is 0 Å². The van der Waals surface area contributed by atoms with Gasteiger partial charge in [0.05, 0.1) is 5.38 Å². The predicted molar refractivity (Wildman–Crippen MR) is 32.8 cm³/mol. The predicted octanol–water partition coefficient (Wildman–Crippen LogP) is 1.95. The number of allylic oxidation sites excluding steroid dienone is 2. The van der Waals surface area contributed by atoms with Crippen LogP contribution in [0.15, 0.2) is 11.9 Å². The highest BCUT2D eigenvalue weighted by Crippen LogP contribution is 2.78. The van der Waals surface area contributed by atoms with Crippen molar-refractivity contribution in [3.8, 4) is 0 Å². The molecule has 3 unspecified atom stereocenters. The topological polar surface area (TPSA) is 0 Å². The minimum absolute atomic E-state index is 0.0725. The van der Waals surface area contributed by atoms with Gasteiger partial charge in [-0.2, -0.15) is 0 Å². The molecule has 0 spiro atoms. The minimum Gasteiger partial charge on any atom is -0.211 e. The average Bonchev–Trinajstić information content (AvgIpc) is 2.61. The lowest BCUT2D eigenvalue weighted by Gasteiger charge is -2.19. The van der Waals surface area contributed by atoms with E-state index in [1.54, 1.807) is 6.08 Å². The molecule has 48 valence electrons. The molecule has 0 heterocycles. The summed E-state index contributed by atoms with van der Waals surface area (Å²) >= 11 is 5.73. The van der Waals surface area contributed by atoms with E-state index in [1.807, 2.05) is 0 Å². The van der Waals surface area contributed by atoms with Gasteiger partial charge >= 0.3 is 0 Å². The molecule has 2 fully saturated rings. The zero-order chi connectivity index (χ0) is 6.17. The molecule has 2 bridgehead atoms. The third kappa shape index (κ3) is 0.362. The Kier molecular flexibility index (Phi) is 0.563. The Bertz CT molecular complexity index is 201. The smallest absolute Gasteiger partial charge is 0.114 e. The maximum absolute atomic E-state index is 12.6. The fourth-order valence-corrected chi connectivity index (χ4v) is 2.62. The quantitative estimate of drug-likeness (QED) is 0.456. The number of alkyl halides is 1. The van der Waals surface area contributed by atoms with Crippen LogP contribution in [0.1, 0.15) is 0 Å². The molecule has 4 aliphatic carbocycles. The van der Waals surface area contributed by atoms with Gasteiger partial charge < -0.3 is 0 Å². The first-order chi connectivity index (χ1) is 4.30. The SMILES string of the molecule is FC1=CC2C3C(C1Cl)C23. The molecule has 0 aromatic carbocycles. The number of hydrogen-bond donors (Lipinski definition) is 0. The van der Waals surface area contributed by atoms with Crippen molar-refractivity contribution in [2.45, 2.75) is 5.38 Å². The molecule has 2 heteroatoms. The normalized spacial score (nSPS) is 66.4. The van der Waals surface area contributed by atoms with Crippen LogP contribution in [0.4, 0.5) is 4.39 Å². The second kappa shape index (κ2) is 1.07. The lowest BCUT2D eigenvalue weighted by atomic mass is 9.94. The Balaban J connectivity index is 2.04. The van der Waals surface area contributed by atoms with Crippen molar-refractivity contribution in [1.29, 1.82) is 0 Å². The van der Waals surface area contributed by atoms with Crippen molar-refractivity contribution < 1.29 is 4.39 Å². The lowest BCUT2D eigenvalue weighted by Crippen LogP contribution is -2.18. The molecule has 0 saturated heterocycles. The molecule has 4 aliphatic rings. The van der Waals surface area contributed by atoms with Gasteiger partial charge in [-0.15, -0.1) is 11.6 Å². The molecule has 0 aromatic rings. The fraction of sp³-hybridized carbons (Fsp3) is 0.714. The van der Waals surface area contributed by atoms with Crippen molar-refractivity contribution in [2.75, 3.05) is 0 Å². The monoisotopic (exact) mass is 144 g/mol. The number of halogens is 2. The van der Waals surface area contributed by atoms with Crippen LogP contribution in [0.25, 0.3) is 0 Å². The summed E-state index contributed by atoms with van der Waals surface area (Å²) in [7, 11) is 0. The summed E-state index contributed by atoms with van der Waals surface area (Å²) in [4.78, 5) is 0. The van der Waals surface area contributed by atoms with Crippen LogP contribution in [-0.2, 0) is 0 Å². The lowest BCUT2D eigenvalue weighted by molar-refractivity contribution is 0.432. The third-order valence-corrected chi connectivity index (χ3v) is 3.39. The van der Waals surface area contributed by atoms with Crippen LogP contribution in [0.5, 0.6) is 0 Å². The molecule has 4 rings (SSSR count). The van der Waals surface area contributed by atoms with E-state index in [1.165, 1.54) is 0 Å². The van der Waals surface area contributed by atoms with Crippen LogP contribution >= 0.6 is 11.6 Å². The van der Waals surface area contributed by atoms with E-state index in [4.69, 9.17) is 11.6 Å². The summed E-state index contributed by atoms with van der Waals surface area (Å²) in [5.41, 5.74) is 0. The van der Waals surface area contributed by atoms with Crippen LogP contribution in [0, 0.1) is 23.7 Å². The van der Waals surface area contributed by atoms with Crippen LogP contribution in [-0.4, -0.2) is 5.38 Å². The largest absolute Gasteiger partial charge is 0.211 e. The molecule has 0 nitrogen and oxygen atoms in total. The highest BCUT2D eigenvalue weighted by Gasteiger charge is 2.76. The van der Waals surface area contributed by atoms with Gasteiger partial charge in [0.2, 0.25) is 0 Å². The van der Waals surface area contributed by atoms with Crippen molar-refractivity contribution in [1.82, 2.24) is 0 Å². The standard InChI is InChI=1S/C7H6ClF/c8-7-3(9)1-2-4-5(2)6(4)7/h1-2,4-7H. The van der Waals surface area contributed by atoms with Gasteiger partial charge in [0.25, 0.3) is 0 Å². The molecule has 0 N–H and O–H groups in total. The van der Waals surface area contributed by atoms with Gasteiger partial charge in [0, 0.05) is 0 Å². The number of rotatable bonds is 0. The summed E-state index contributed by atoms with van der Waals surface area (Å²) in [5.74, 6) is 2.65. The minimum atomic E-state index is -0.259. The molecule has 0 radical (unpaired) electrons. The Hall–Kier alpha value is -0.0400. The fourth-order valence-electron chi connectivity index (χ4n) is 2.21. The van der Waals surface area contributed by atoms with Gasteiger partial charge in [0.15, 0.2) is 0 Å². The Morgan fingerprint density at radius 1 is 1.33 bits per heavy atom. The Morgan fingerprint density at radius 3 is 2.44 bits per heavy atom. The molecule has 2 saturated carbocycles. The van der Waals surface area contributed by atoms with E-state index >= 15 is 0 Å². The van der Waals surface area contributed by atoms with Gasteiger partial charge in [-0.25, -0.2) is 4.39 Å². The second-order valence-corrected chi connectivity index (χ2v) is 3.73. The number of hydrogen-bond acceptors (Lipinski definition) is 0. The van der Waals surface area contributed by atoms with E-state index < -0.39 is 0 Å². The highest BCUT2D eigenvalue weighted by atomic mass is 35.5. The summed E-state index contributed by atoms with van der Waals surface area (Å²) in [6, 6.07) is 0. The summed E-state index contributed by atoms with van der Waals surface area (Å²) in [6.45, 7) is 0. The van der Waals surface area contributed by atoms with E-state index in [0.29, 0.717) is 11.8 Å². The maximum atomic E-state index is 12.6. The second-order valence-electron chi connectivity index (χ2n) is 3.26. The Labute approximate surface area is 57.7 Å². The van der Waals surface area contributed by atoms with Gasteiger partial charge in [-0.05, 0) is 29.7 Å². The first-order valence-corrected chi connectivity index (χ1v) is 3.75. The van der Waals surface area contributed by atoms with Crippen molar-refractivity contribution in [3.05, 3.63) is 11.9 Å². The molecular formula is C7H6ClF. The molecule has 0 aromatic heterocycles. The van der Waals surface area contributed by atoms with E-state index in [9.17, 15) is 4.39 Å². The number of fused-ring (bicyclic) bond motifs is 1. The van der Waals surface area contributed by atoms with Crippen molar-refractivity contribution >= 4 is 11.6 Å². The van der Waals surface area contributed by atoms with E-state index in [-0.39, 0.29) is 11.2 Å². The van der Waals surface area contributed by atoms with E-state index in [2.05, 4.69) is 0 Å². The molecule has 3 atom stereocenters.